The van der Waals surface area contributed by atoms with Crippen molar-refractivity contribution < 1.29 is 19.1 Å². The summed E-state index contributed by atoms with van der Waals surface area (Å²) in [4.78, 5) is 37.9. The van der Waals surface area contributed by atoms with E-state index in [1.165, 1.54) is 0 Å². The van der Waals surface area contributed by atoms with E-state index in [0.717, 1.165) is 0 Å². The third kappa shape index (κ3) is 4.25. The minimum absolute atomic E-state index is 0.00238. The number of fused-ring (bicyclic) bond motifs is 1. The molecule has 2 N–H and O–H groups in total. The van der Waals surface area contributed by atoms with Crippen LogP contribution in [0.4, 0.5) is 11.4 Å². The number of amides is 3. The minimum atomic E-state index is -0.363. The van der Waals surface area contributed by atoms with Crippen LogP contribution >= 0.6 is 0 Å². The topological polar surface area (TPSA) is 87.7 Å². The van der Waals surface area contributed by atoms with E-state index >= 15 is 0 Å². The fourth-order valence-electron chi connectivity index (χ4n) is 2.87. The van der Waals surface area contributed by atoms with Crippen molar-refractivity contribution in [2.24, 2.45) is 0 Å². The van der Waals surface area contributed by atoms with Gasteiger partial charge in [0.1, 0.15) is 5.75 Å². The van der Waals surface area contributed by atoms with Gasteiger partial charge in [-0.25, -0.2) is 0 Å². The molecule has 1 aliphatic rings. The van der Waals surface area contributed by atoms with Gasteiger partial charge in [0.15, 0.2) is 6.61 Å². The van der Waals surface area contributed by atoms with Gasteiger partial charge in [-0.15, -0.1) is 0 Å². The molecular formula is C20H21N3O4. The molecule has 1 aliphatic heterocycles. The summed E-state index contributed by atoms with van der Waals surface area (Å²) >= 11 is 0. The zero-order valence-corrected chi connectivity index (χ0v) is 15.2. The Kier molecular flexibility index (Phi) is 5.40. The van der Waals surface area contributed by atoms with Gasteiger partial charge in [0.2, 0.25) is 5.91 Å². The van der Waals surface area contributed by atoms with Gasteiger partial charge in [-0.3, -0.25) is 14.4 Å². The molecule has 140 valence electrons. The maximum absolute atomic E-state index is 12.2. The first kappa shape index (κ1) is 18.4. The first-order valence-corrected chi connectivity index (χ1v) is 8.67. The SMILES string of the molecule is CC(C)N1C(=O)COc2ccc(NC(=O)CNC(=O)c3ccccc3)cc21. The van der Waals surface area contributed by atoms with Crippen LogP contribution in [-0.2, 0) is 9.59 Å². The highest BCUT2D eigenvalue weighted by Crippen LogP contribution is 2.35. The maximum Gasteiger partial charge on any atom is 0.265 e. The third-order valence-electron chi connectivity index (χ3n) is 4.08. The number of nitrogens with zero attached hydrogens (tertiary/aromatic N) is 1. The molecule has 3 rings (SSSR count). The Bertz CT molecular complexity index is 865. The predicted octanol–water partition coefficient (Wildman–Crippen LogP) is 2.19. The molecule has 1 heterocycles. The monoisotopic (exact) mass is 367 g/mol. The van der Waals surface area contributed by atoms with E-state index in [9.17, 15) is 14.4 Å². The summed E-state index contributed by atoms with van der Waals surface area (Å²) in [5.41, 5.74) is 1.63. The highest BCUT2D eigenvalue weighted by atomic mass is 16.5. The van der Waals surface area contributed by atoms with Gasteiger partial charge >= 0.3 is 0 Å². The van der Waals surface area contributed by atoms with E-state index in [1.807, 2.05) is 19.9 Å². The molecule has 0 saturated carbocycles. The first-order chi connectivity index (χ1) is 13.0. The molecular weight excluding hydrogens is 346 g/mol. The number of benzene rings is 2. The molecule has 0 radical (unpaired) electrons. The van der Waals surface area contributed by atoms with Crippen molar-refractivity contribution in [2.75, 3.05) is 23.4 Å². The lowest BCUT2D eigenvalue weighted by molar-refractivity contribution is -0.121. The van der Waals surface area contributed by atoms with Crippen LogP contribution in [0, 0.1) is 0 Å². The molecule has 2 aromatic rings. The number of hydrogen-bond donors (Lipinski definition) is 2. The van der Waals surface area contributed by atoms with Crippen LogP contribution in [0.5, 0.6) is 5.75 Å². The average Bonchev–Trinajstić information content (AvgIpc) is 2.66. The van der Waals surface area contributed by atoms with Crippen LogP contribution in [-0.4, -0.2) is 36.9 Å². The fourth-order valence-corrected chi connectivity index (χ4v) is 2.87. The Morgan fingerprint density at radius 3 is 2.59 bits per heavy atom. The lowest BCUT2D eigenvalue weighted by Crippen LogP contribution is -2.43. The Morgan fingerprint density at radius 1 is 1.15 bits per heavy atom. The molecule has 0 atom stereocenters. The second kappa shape index (κ2) is 7.90. The van der Waals surface area contributed by atoms with Gasteiger partial charge in [-0.05, 0) is 44.2 Å². The molecule has 0 fully saturated rings. The number of nitrogens with one attached hydrogen (secondary N) is 2. The van der Waals surface area contributed by atoms with Gasteiger partial charge < -0.3 is 20.3 Å². The zero-order chi connectivity index (χ0) is 19.4. The van der Waals surface area contributed by atoms with Gasteiger partial charge in [0.05, 0.1) is 12.2 Å². The zero-order valence-electron chi connectivity index (χ0n) is 15.2. The number of carbonyl (C=O) groups excluding carboxylic acids is 3. The van der Waals surface area contributed by atoms with Crippen molar-refractivity contribution in [3.8, 4) is 5.75 Å². The van der Waals surface area contributed by atoms with Crippen molar-refractivity contribution in [2.45, 2.75) is 19.9 Å². The average molecular weight is 367 g/mol. The molecule has 27 heavy (non-hydrogen) atoms. The molecule has 0 unspecified atom stereocenters. The first-order valence-electron chi connectivity index (χ1n) is 8.67. The number of carbonyl (C=O) groups is 3. The van der Waals surface area contributed by atoms with Crippen molar-refractivity contribution >= 4 is 29.1 Å². The molecule has 0 aliphatic carbocycles. The quantitative estimate of drug-likeness (QED) is 0.848. The van der Waals surface area contributed by atoms with Crippen molar-refractivity contribution in [1.29, 1.82) is 0 Å². The smallest absolute Gasteiger partial charge is 0.265 e. The van der Waals surface area contributed by atoms with E-state index in [4.69, 9.17) is 4.74 Å². The Labute approximate surface area is 157 Å². The minimum Gasteiger partial charge on any atom is -0.482 e. The second-order valence-electron chi connectivity index (χ2n) is 6.43. The molecule has 0 aromatic heterocycles. The van der Waals surface area contributed by atoms with Gasteiger partial charge in [-0.1, -0.05) is 18.2 Å². The summed E-state index contributed by atoms with van der Waals surface area (Å²) in [6.45, 7) is 3.67. The second-order valence-corrected chi connectivity index (χ2v) is 6.43. The number of ether oxygens (including phenoxy) is 1. The van der Waals surface area contributed by atoms with Crippen molar-refractivity contribution in [3.63, 3.8) is 0 Å². The van der Waals surface area contributed by atoms with Crippen LogP contribution in [0.25, 0.3) is 0 Å². The number of rotatable bonds is 5. The largest absolute Gasteiger partial charge is 0.482 e. The van der Waals surface area contributed by atoms with E-state index in [0.29, 0.717) is 22.7 Å². The van der Waals surface area contributed by atoms with Gasteiger partial charge in [0, 0.05) is 17.3 Å². The number of anilines is 2. The Morgan fingerprint density at radius 2 is 1.89 bits per heavy atom. The summed E-state index contributed by atoms with van der Waals surface area (Å²) in [6.07, 6.45) is 0. The van der Waals surface area contributed by atoms with Crippen molar-refractivity contribution in [3.05, 3.63) is 54.1 Å². The summed E-state index contributed by atoms with van der Waals surface area (Å²) in [7, 11) is 0. The summed E-state index contributed by atoms with van der Waals surface area (Å²) in [5, 5.41) is 5.30. The molecule has 7 nitrogen and oxygen atoms in total. The van der Waals surface area contributed by atoms with Crippen LogP contribution in [0.15, 0.2) is 48.5 Å². The highest BCUT2D eigenvalue weighted by Gasteiger charge is 2.28. The Balaban J connectivity index is 1.65. The molecule has 0 spiro atoms. The van der Waals surface area contributed by atoms with E-state index in [-0.39, 0.29) is 36.9 Å². The van der Waals surface area contributed by atoms with Crippen molar-refractivity contribution in [1.82, 2.24) is 5.32 Å². The highest BCUT2D eigenvalue weighted by molar-refractivity contribution is 6.01. The molecule has 0 saturated heterocycles. The van der Waals surface area contributed by atoms with Crippen LogP contribution < -0.4 is 20.3 Å². The van der Waals surface area contributed by atoms with Crippen LogP contribution in [0.1, 0.15) is 24.2 Å². The van der Waals surface area contributed by atoms with E-state index < -0.39 is 0 Å². The van der Waals surface area contributed by atoms with Gasteiger partial charge in [-0.2, -0.15) is 0 Å². The third-order valence-corrected chi connectivity index (χ3v) is 4.08. The van der Waals surface area contributed by atoms with Crippen LogP contribution in [0.3, 0.4) is 0 Å². The van der Waals surface area contributed by atoms with E-state index in [1.54, 1.807) is 47.4 Å². The van der Waals surface area contributed by atoms with E-state index in [2.05, 4.69) is 10.6 Å². The van der Waals surface area contributed by atoms with Gasteiger partial charge in [0.25, 0.3) is 11.8 Å². The molecule has 0 bridgehead atoms. The Hall–Kier alpha value is -3.35. The summed E-state index contributed by atoms with van der Waals surface area (Å²) in [6, 6.07) is 13.8. The summed E-state index contributed by atoms with van der Waals surface area (Å²) in [5.74, 6) is -0.214. The maximum atomic E-state index is 12.2. The molecule has 7 heteroatoms. The molecule has 2 aromatic carbocycles. The normalized spacial score (nSPS) is 13.0. The number of hydrogen-bond acceptors (Lipinski definition) is 4. The predicted molar refractivity (Wildman–Crippen MR) is 102 cm³/mol. The lowest BCUT2D eigenvalue weighted by Gasteiger charge is -2.32. The summed E-state index contributed by atoms with van der Waals surface area (Å²) < 4.78 is 5.44. The fraction of sp³-hybridized carbons (Fsp3) is 0.250. The van der Waals surface area contributed by atoms with Crippen LogP contribution in [0.2, 0.25) is 0 Å². The lowest BCUT2D eigenvalue weighted by atomic mass is 10.1. The molecule has 3 amide bonds. The standard InChI is InChI=1S/C20H21N3O4/c1-13(2)23-16-10-15(8-9-17(16)27-12-19(23)25)22-18(24)11-21-20(26)14-6-4-3-5-7-14/h3-10,13H,11-12H2,1-2H3,(H,21,26)(H,22,24).